The van der Waals surface area contributed by atoms with Gasteiger partial charge in [0.25, 0.3) is 0 Å². The van der Waals surface area contributed by atoms with Crippen LogP contribution in [0.4, 0.5) is 0 Å². The van der Waals surface area contributed by atoms with Crippen molar-refractivity contribution in [2.45, 2.75) is 19.1 Å². The highest BCUT2D eigenvalue weighted by Crippen LogP contribution is 2.31. The summed E-state index contributed by atoms with van der Waals surface area (Å²) < 4.78 is 0. The van der Waals surface area contributed by atoms with Crippen LogP contribution in [0, 0.1) is 0 Å². The van der Waals surface area contributed by atoms with Gasteiger partial charge in [0.05, 0.1) is 11.3 Å². The van der Waals surface area contributed by atoms with Gasteiger partial charge in [-0.2, -0.15) is 0 Å². The lowest BCUT2D eigenvalue weighted by molar-refractivity contribution is 0.284. The van der Waals surface area contributed by atoms with Crippen molar-refractivity contribution in [1.82, 2.24) is 25.6 Å². The van der Waals surface area contributed by atoms with Crippen molar-refractivity contribution >= 4 is 17.4 Å². The molecule has 5 rings (SSSR count). The Morgan fingerprint density at radius 3 is 2.97 bits per heavy atom. The zero-order valence-corrected chi connectivity index (χ0v) is 17.0. The lowest BCUT2D eigenvalue weighted by atomic mass is 10.0. The van der Waals surface area contributed by atoms with Crippen LogP contribution >= 0.6 is 0 Å². The van der Waals surface area contributed by atoms with Gasteiger partial charge in [0, 0.05) is 43.8 Å². The van der Waals surface area contributed by atoms with Gasteiger partial charge in [-0.1, -0.05) is 24.3 Å². The van der Waals surface area contributed by atoms with Gasteiger partial charge in [-0.15, -0.1) is 0 Å². The number of pyridine rings is 1. The van der Waals surface area contributed by atoms with Crippen LogP contribution in [0.1, 0.15) is 23.2 Å². The summed E-state index contributed by atoms with van der Waals surface area (Å²) in [6, 6.07) is 14.6. The molecule has 1 fully saturated rings. The Morgan fingerprint density at radius 2 is 2.07 bits per heavy atom. The molecule has 3 aliphatic heterocycles. The second kappa shape index (κ2) is 8.49. The number of aliphatic imine (C=N–C) groups is 1. The fourth-order valence-corrected chi connectivity index (χ4v) is 4.19. The average Bonchev–Trinajstić information content (AvgIpc) is 2.92. The molecule has 30 heavy (non-hydrogen) atoms. The number of nitrogens with one attached hydrogen (secondary N) is 2. The van der Waals surface area contributed by atoms with Crippen LogP contribution < -0.4 is 16.5 Å². The highest BCUT2D eigenvalue weighted by atomic mass is 15.6. The largest absolute Gasteiger partial charge is 0.315 e. The van der Waals surface area contributed by atoms with Gasteiger partial charge in [0.1, 0.15) is 6.17 Å². The molecule has 1 atom stereocenters. The highest BCUT2D eigenvalue weighted by molar-refractivity contribution is 6.11. The summed E-state index contributed by atoms with van der Waals surface area (Å²) in [4.78, 5) is 11.7. The molecule has 3 aliphatic rings. The molecule has 0 radical (unpaired) electrons. The Kier molecular flexibility index (Phi) is 5.42. The van der Waals surface area contributed by atoms with Crippen molar-refractivity contribution in [3.05, 3.63) is 77.5 Å². The normalized spacial score (nSPS) is 22.1. The monoisotopic (exact) mass is 401 g/mol. The standard InChI is InChI=1S/C23H27N7/c24-22-21(20-7-1-2-9-26-20)23-27-14-19(16-30(23)28-22)18-6-3-5-17(13-18)15-29-11-4-8-25-10-12-29/h1-3,5-7,9,13-14,16,22,25,28H,4,8,10-12,15,24H2. The van der Waals surface area contributed by atoms with Crippen molar-refractivity contribution in [3.8, 4) is 0 Å². The molecule has 0 bridgehead atoms. The molecule has 0 aliphatic carbocycles. The van der Waals surface area contributed by atoms with Gasteiger partial charge in [0.2, 0.25) is 0 Å². The number of benzene rings is 1. The van der Waals surface area contributed by atoms with Crippen LogP contribution in [0.5, 0.6) is 0 Å². The van der Waals surface area contributed by atoms with E-state index in [0.717, 1.165) is 60.9 Å². The molecule has 0 spiro atoms. The van der Waals surface area contributed by atoms with E-state index < -0.39 is 0 Å². The predicted molar refractivity (Wildman–Crippen MR) is 120 cm³/mol. The number of fused-ring (bicyclic) bond motifs is 1. The second-order valence-corrected chi connectivity index (χ2v) is 7.85. The van der Waals surface area contributed by atoms with Gasteiger partial charge in [-0.05, 0) is 48.8 Å². The molecule has 1 aromatic carbocycles. The molecule has 2 aromatic rings. The quantitative estimate of drug-likeness (QED) is 0.725. The Hall–Kier alpha value is -2.84. The number of allylic oxidation sites excluding steroid dienone is 1. The molecule has 1 saturated heterocycles. The molecule has 4 heterocycles. The summed E-state index contributed by atoms with van der Waals surface area (Å²) in [5, 5.41) is 5.38. The minimum atomic E-state index is -0.342. The zero-order valence-electron chi connectivity index (χ0n) is 17.0. The number of rotatable bonds is 4. The average molecular weight is 402 g/mol. The molecule has 1 aromatic heterocycles. The number of hydrogen-bond acceptors (Lipinski definition) is 7. The van der Waals surface area contributed by atoms with E-state index >= 15 is 0 Å². The van der Waals surface area contributed by atoms with Gasteiger partial charge in [-0.25, -0.2) is 10.4 Å². The van der Waals surface area contributed by atoms with Crippen molar-refractivity contribution < 1.29 is 0 Å². The van der Waals surface area contributed by atoms with E-state index in [1.807, 2.05) is 29.4 Å². The van der Waals surface area contributed by atoms with Crippen molar-refractivity contribution in [3.63, 3.8) is 0 Å². The van der Waals surface area contributed by atoms with E-state index in [0.29, 0.717) is 0 Å². The van der Waals surface area contributed by atoms with Gasteiger partial charge < -0.3 is 11.1 Å². The maximum atomic E-state index is 6.33. The minimum Gasteiger partial charge on any atom is -0.315 e. The smallest absolute Gasteiger partial charge is 0.155 e. The third-order valence-corrected chi connectivity index (χ3v) is 5.69. The van der Waals surface area contributed by atoms with E-state index in [-0.39, 0.29) is 6.17 Å². The van der Waals surface area contributed by atoms with Gasteiger partial charge in [-0.3, -0.25) is 14.9 Å². The summed E-state index contributed by atoms with van der Waals surface area (Å²) in [5.74, 6) is 0.804. The maximum Gasteiger partial charge on any atom is 0.155 e. The molecule has 0 saturated carbocycles. The third-order valence-electron chi connectivity index (χ3n) is 5.69. The first-order valence-corrected chi connectivity index (χ1v) is 10.5. The maximum absolute atomic E-state index is 6.33. The molecule has 4 N–H and O–H groups in total. The van der Waals surface area contributed by atoms with Crippen molar-refractivity contribution in [2.24, 2.45) is 10.7 Å². The van der Waals surface area contributed by atoms with E-state index in [2.05, 4.69) is 51.1 Å². The lowest BCUT2D eigenvalue weighted by Gasteiger charge is -2.22. The third kappa shape index (κ3) is 3.93. The predicted octanol–water partition coefficient (Wildman–Crippen LogP) is 1.78. The number of nitrogens with two attached hydrogens (primary N) is 1. The molecule has 154 valence electrons. The van der Waals surface area contributed by atoms with Gasteiger partial charge >= 0.3 is 0 Å². The highest BCUT2D eigenvalue weighted by Gasteiger charge is 2.31. The molecule has 7 heteroatoms. The summed E-state index contributed by atoms with van der Waals surface area (Å²) >= 11 is 0. The summed E-state index contributed by atoms with van der Waals surface area (Å²) in [7, 11) is 0. The number of nitrogens with zero attached hydrogens (tertiary/aromatic N) is 4. The molecule has 0 amide bonds. The van der Waals surface area contributed by atoms with Crippen molar-refractivity contribution in [2.75, 3.05) is 26.2 Å². The molecule has 7 nitrogen and oxygen atoms in total. The molecular weight excluding hydrogens is 374 g/mol. The fourth-order valence-electron chi connectivity index (χ4n) is 4.19. The van der Waals surface area contributed by atoms with Crippen LogP contribution in [0.2, 0.25) is 0 Å². The summed E-state index contributed by atoms with van der Waals surface area (Å²) in [6.07, 6.45) is 6.62. The first kappa shape index (κ1) is 19.1. The Morgan fingerprint density at radius 1 is 1.10 bits per heavy atom. The molecule has 1 unspecified atom stereocenters. The summed E-state index contributed by atoms with van der Waals surface area (Å²) in [6.45, 7) is 5.38. The van der Waals surface area contributed by atoms with Crippen LogP contribution in [0.15, 0.2) is 65.7 Å². The van der Waals surface area contributed by atoms with Gasteiger partial charge in [0.15, 0.2) is 5.82 Å². The fraction of sp³-hybridized carbons (Fsp3) is 0.304. The SMILES string of the molecule is NC1NN2C=C(c3cccc(CN4CCCNCC4)c3)C=NC2=C1c1ccccn1. The summed E-state index contributed by atoms with van der Waals surface area (Å²) in [5.41, 5.74) is 14.9. The lowest BCUT2D eigenvalue weighted by Crippen LogP contribution is -2.40. The van der Waals surface area contributed by atoms with E-state index in [4.69, 9.17) is 10.7 Å². The van der Waals surface area contributed by atoms with Crippen molar-refractivity contribution in [1.29, 1.82) is 0 Å². The van der Waals surface area contributed by atoms with E-state index in [1.165, 1.54) is 12.0 Å². The van der Waals surface area contributed by atoms with E-state index in [1.54, 1.807) is 6.20 Å². The minimum absolute atomic E-state index is 0.342. The van der Waals surface area contributed by atoms with Crippen LogP contribution in [0.3, 0.4) is 0 Å². The van der Waals surface area contributed by atoms with Crippen LogP contribution in [-0.2, 0) is 6.54 Å². The van der Waals surface area contributed by atoms with Crippen LogP contribution in [-0.4, -0.2) is 53.5 Å². The second-order valence-electron chi connectivity index (χ2n) is 7.85. The zero-order chi connectivity index (χ0) is 20.3. The number of hydrogen-bond donors (Lipinski definition) is 3. The Balaban J connectivity index is 1.37. The Labute approximate surface area is 177 Å². The topological polar surface area (TPSA) is 81.8 Å². The van der Waals surface area contributed by atoms with E-state index in [9.17, 15) is 0 Å². The molecular formula is C23H27N7. The van der Waals surface area contributed by atoms with Crippen LogP contribution in [0.25, 0.3) is 11.1 Å². The number of aromatic nitrogens is 1. The first-order valence-electron chi connectivity index (χ1n) is 10.5. The first-order chi connectivity index (χ1) is 14.8. The number of hydrazine groups is 1. The Bertz CT molecular complexity index is 988.